The van der Waals surface area contributed by atoms with Crippen LogP contribution in [0.5, 0.6) is 5.88 Å². The van der Waals surface area contributed by atoms with Gasteiger partial charge in [0, 0.05) is 12.2 Å². The zero-order valence-corrected chi connectivity index (χ0v) is 16.9. The summed E-state index contributed by atoms with van der Waals surface area (Å²) < 4.78 is 13.0. The molecule has 4 rings (SSSR count). The van der Waals surface area contributed by atoms with Gasteiger partial charge in [0.05, 0.1) is 35.8 Å². The van der Waals surface area contributed by atoms with Crippen molar-refractivity contribution in [3.63, 3.8) is 0 Å². The van der Waals surface area contributed by atoms with Gasteiger partial charge in [-0.05, 0) is 45.9 Å². The second kappa shape index (κ2) is 7.86. The lowest BCUT2D eigenvalue weighted by atomic mass is 10.1. The maximum absolute atomic E-state index is 5.71. The second-order valence-corrected chi connectivity index (χ2v) is 6.85. The molecule has 0 atom stereocenters. The molecule has 4 aromatic heterocycles. The molecular formula is C20H23N7O2. The normalized spacial score (nSPS) is 11.3. The number of hydrogen-bond acceptors (Lipinski definition) is 8. The first-order chi connectivity index (χ1) is 14.1. The molecule has 4 heterocycles. The molecule has 9 nitrogen and oxygen atoms in total. The maximum Gasteiger partial charge on any atom is 0.235 e. The molecule has 0 unspecified atom stereocenters. The number of aromatic nitrogens is 6. The Labute approximate surface area is 168 Å². The van der Waals surface area contributed by atoms with Crippen molar-refractivity contribution in [3.05, 3.63) is 42.4 Å². The Morgan fingerprint density at radius 2 is 2.17 bits per heavy atom. The van der Waals surface area contributed by atoms with Crippen LogP contribution in [0.15, 0.2) is 35.2 Å². The number of rotatable bonds is 7. The number of ether oxygens (including phenoxy) is 1. The molecule has 4 aromatic rings. The van der Waals surface area contributed by atoms with E-state index in [0.717, 1.165) is 33.7 Å². The predicted molar refractivity (Wildman–Crippen MR) is 109 cm³/mol. The highest BCUT2D eigenvalue weighted by atomic mass is 16.5. The Hall–Kier alpha value is -3.49. The van der Waals surface area contributed by atoms with Crippen molar-refractivity contribution >= 4 is 16.7 Å². The van der Waals surface area contributed by atoms with E-state index in [9.17, 15) is 0 Å². The smallest absolute Gasteiger partial charge is 0.235 e. The van der Waals surface area contributed by atoms with Crippen LogP contribution in [-0.4, -0.2) is 36.6 Å². The van der Waals surface area contributed by atoms with Crippen LogP contribution in [0.25, 0.3) is 22.3 Å². The van der Waals surface area contributed by atoms with Gasteiger partial charge < -0.3 is 14.5 Å². The molecule has 0 radical (unpaired) electrons. The molecule has 9 heteroatoms. The van der Waals surface area contributed by atoms with Crippen LogP contribution < -0.4 is 10.1 Å². The number of nitrogens with one attached hydrogen (secondary N) is 1. The third-order valence-corrected chi connectivity index (χ3v) is 4.47. The number of nitrogens with zero attached hydrogens (tertiary/aromatic N) is 6. The first kappa shape index (κ1) is 18.9. The Bertz CT molecular complexity index is 1120. The quantitative estimate of drug-likeness (QED) is 0.506. The molecule has 0 spiro atoms. The van der Waals surface area contributed by atoms with Crippen LogP contribution in [0.3, 0.4) is 0 Å². The molecule has 0 aromatic carbocycles. The van der Waals surface area contributed by atoms with E-state index in [2.05, 4.69) is 34.3 Å². The van der Waals surface area contributed by atoms with Crippen LogP contribution in [-0.2, 0) is 6.54 Å². The van der Waals surface area contributed by atoms with Crippen molar-refractivity contribution < 1.29 is 9.15 Å². The van der Waals surface area contributed by atoms with Gasteiger partial charge in [0.2, 0.25) is 18.2 Å². The standard InChI is InChI=1S/C20H23N7O2/c1-5-28-20-14(7-6-8-21-20)15-9-16(22-10-17-25-23-11-29-17)19-18(24-15)13(4)26-27(19)12(2)3/h6-9,11-12H,5,10H2,1-4H3,(H,22,24). The van der Waals surface area contributed by atoms with E-state index < -0.39 is 0 Å². The largest absolute Gasteiger partial charge is 0.477 e. The van der Waals surface area contributed by atoms with Crippen LogP contribution >= 0.6 is 0 Å². The minimum atomic E-state index is 0.181. The number of fused-ring (bicyclic) bond motifs is 1. The van der Waals surface area contributed by atoms with Crippen LogP contribution in [0.4, 0.5) is 5.69 Å². The summed E-state index contributed by atoms with van der Waals surface area (Å²) in [5.41, 5.74) is 5.09. The first-order valence-electron chi connectivity index (χ1n) is 9.55. The molecule has 0 saturated heterocycles. The van der Waals surface area contributed by atoms with Crippen LogP contribution in [0, 0.1) is 6.92 Å². The van der Waals surface area contributed by atoms with Gasteiger partial charge in [0.15, 0.2) is 0 Å². The van der Waals surface area contributed by atoms with Crippen LogP contribution in [0.2, 0.25) is 0 Å². The fraction of sp³-hybridized carbons (Fsp3) is 0.350. The Morgan fingerprint density at radius 3 is 2.90 bits per heavy atom. The van der Waals surface area contributed by atoms with Gasteiger partial charge in [-0.2, -0.15) is 5.10 Å². The molecule has 0 aliphatic carbocycles. The van der Waals surface area contributed by atoms with Crippen molar-refractivity contribution in [1.82, 2.24) is 29.9 Å². The number of hydrogen-bond donors (Lipinski definition) is 1. The Morgan fingerprint density at radius 1 is 1.31 bits per heavy atom. The summed E-state index contributed by atoms with van der Waals surface area (Å²) in [5, 5.41) is 15.8. The minimum absolute atomic E-state index is 0.181. The summed E-state index contributed by atoms with van der Waals surface area (Å²) in [6.45, 7) is 9.01. The Balaban J connectivity index is 1.88. The lowest BCUT2D eigenvalue weighted by Crippen LogP contribution is -2.07. The summed E-state index contributed by atoms with van der Waals surface area (Å²) in [7, 11) is 0. The van der Waals surface area contributed by atoms with Crippen LogP contribution in [0.1, 0.15) is 38.4 Å². The fourth-order valence-electron chi connectivity index (χ4n) is 3.21. The van der Waals surface area contributed by atoms with Gasteiger partial charge in [-0.25, -0.2) is 9.97 Å². The highest BCUT2D eigenvalue weighted by molar-refractivity contribution is 5.93. The molecule has 1 N–H and O–H groups in total. The van der Waals surface area contributed by atoms with Crippen molar-refractivity contribution in [1.29, 1.82) is 0 Å². The van der Waals surface area contributed by atoms with Crippen molar-refractivity contribution in [2.75, 3.05) is 11.9 Å². The third kappa shape index (κ3) is 3.63. The van der Waals surface area contributed by atoms with E-state index >= 15 is 0 Å². The average molecular weight is 393 g/mol. The van der Waals surface area contributed by atoms with Gasteiger partial charge in [0.1, 0.15) is 11.0 Å². The minimum Gasteiger partial charge on any atom is -0.477 e. The monoisotopic (exact) mass is 393 g/mol. The molecule has 0 aliphatic heterocycles. The highest BCUT2D eigenvalue weighted by Crippen LogP contribution is 2.34. The van der Waals surface area contributed by atoms with Crippen molar-refractivity contribution in [2.45, 2.75) is 40.3 Å². The van der Waals surface area contributed by atoms with E-state index in [1.807, 2.05) is 36.7 Å². The molecule has 0 amide bonds. The number of pyridine rings is 2. The number of aryl methyl sites for hydroxylation is 1. The van der Waals surface area contributed by atoms with Crippen molar-refractivity contribution in [2.24, 2.45) is 0 Å². The zero-order valence-electron chi connectivity index (χ0n) is 16.9. The van der Waals surface area contributed by atoms with E-state index in [0.29, 0.717) is 24.9 Å². The van der Waals surface area contributed by atoms with E-state index in [1.165, 1.54) is 6.39 Å². The molecule has 0 fully saturated rings. The third-order valence-electron chi connectivity index (χ3n) is 4.47. The maximum atomic E-state index is 5.71. The second-order valence-electron chi connectivity index (χ2n) is 6.85. The Kier molecular flexibility index (Phi) is 5.11. The van der Waals surface area contributed by atoms with Gasteiger partial charge in [-0.15, -0.1) is 10.2 Å². The summed E-state index contributed by atoms with van der Waals surface area (Å²) in [5.74, 6) is 1.05. The molecule has 0 saturated carbocycles. The molecular weight excluding hydrogens is 370 g/mol. The average Bonchev–Trinajstić information content (AvgIpc) is 3.35. The summed E-state index contributed by atoms with van der Waals surface area (Å²) in [6, 6.07) is 5.99. The van der Waals surface area contributed by atoms with Gasteiger partial charge in [-0.3, -0.25) is 4.68 Å². The zero-order chi connectivity index (χ0) is 20.4. The SMILES string of the molecule is CCOc1ncccc1-c1cc(NCc2nnco2)c2c(n1)c(C)nn2C(C)C. The van der Waals surface area contributed by atoms with E-state index in [-0.39, 0.29) is 6.04 Å². The summed E-state index contributed by atoms with van der Waals surface area (Å²) in [6.07, 6.45) is 3.03. The summed E-state index contributed by atoms with van der Waals surface area (Å²) >= 11 is 0. The van der Waals surface area contributed by atoms with Gasteiger partial charge in [0.25, 0.3) is 0 Å². The fourth-order valence-corrected chi connectivity index (χ4v) is 3.21. The molecule has 29 heavy (non-hydrogen) atoms. The van der Waals surface area contributed by atoms with E-state index in [4.69, 9.17) is 19.2 Å². The summed E-state index contributed by atoms with van der Waals surface area (Å²) in [4.78, 5) is 9.26. The van der Waals surface area contributed by atoms with Crippen molar-refractivity contribution in [3.8, 4) is 17.1 Å². The van der Waals surface area contributed by atoms with Gasteiger partial charge in [-0.1, -0.05) is 0 Å². The lowest BCUT2D eigenvalue weighted by Gasteiger charge is -2.14. The first-order valence-corrected chi connectivity index (χ1v) is 9.55. The van der Waals surface area contributed by atoms with E-state index in [1.54, 1.807) is 6.20 Å². The predicted octanol–water partition coefficient (Wildman–Crippen LogP) is 3.78. The number of anilines is 1. The topological polar surface area (TPSA) is 104 Å². The van der Waals surface area contributed by atoms with Gasteiger partial charge >= 0.3 is 0 Å². The lowest BCUT2D eigenvalue weighted by molar-refractivity contribution is 0.328. The highest BCUT2D eigenvalue weighted by Gasteiger charge is 2.19. The molecule has 0 bridgehead atoms. The molecule has 150 valence electrons. The molecule has 0 aliphatic rings.